The molecule has 0 bridgehead atoms. The molecule has 1 fully saturated rings. The summed E-state index contributed by atoms with van der Waals surface area (Å²) in [7, 11) is 0. The summed E-state index contributed by atoms with van der Waals surface area (Å²) < 4.78 is 17.6. The smallest absolute Gasteiger partial charge is 0.119 e. The van der Waals surface area contributed by atoms with Gasteiger partial charge < -0.3 is 34.6 Å². The Balaban J connectivity index is 1.25. The average Bonchev–Trinajstić information content (AvgIpc) is 3.30. The number of fused-ring (bicyclic) bond motifs is 1. The number of aliphatic hydroxyl groups excluding tert-OH is 4. The summed E-state index contributed by atoms with van der Waals surface area (Å²) in [6.07, 6.45) is -5.61. The van der Waals surface area contributed by atoms with Crippen molar-refractivity contribution in [2.24, 2.45) is 0 Å². The minimum absolute atomic E-state index is 0.0847. The fourth-order valence-electron chi connectivity index (χ4n) is 4.94. The quantitative estimate of drug-likeness (QED) is 0.373. The van der Waals surface area contributed by atoms with E-state index in [1.165, 1.54) is 16.7 Å². The summed E-state index contributed by atoms with van der Waals surface area (Å²) in [4.78, 5) is 0. The summed E-state index contributed by atoms with van der Waals surface area (Å²) >= 11 is 6.46. The molecule has 4 N–H and O–H groups in total. The van der Waals surface area contributed by atoms with E-state index < -0.39 is 37.1 Å². The molecule has 37 heavy (non-hydrogen) atoms. The number of hydrogen-bond acceptors (Lipinski definition) is 7. The van der Waals surface area contributed by atoms with E-state index in [0.717, 1.165) is 16.9 Å². The average molecular weight is 527 g/mol. The van der Waals surface area contributed by atoms with Crippen LogP contribution in [-0.4, -0.2) is 58.1 Å². The minimum atomic E-state index is -1.44. The normalized spacial score (nSPS) is 27.2. The Morgan fingerprint density at radius 1 is 0.946 bits per heavy atom. The topological polar surface area (TPSA) is 109 Å². The first kappa shape index (κ1) is 26.1. The summed E-state index contributed by atoms with van der Waals surface area (Å²) in [6.45, 7) is 2.63. The highest BCUT2D eigenvalue weighted by Gasteiger charge is 2.44. The van der Waals surface area contributed by atoms with Crippen LogP contribution in [0.4, 0.5) is 0 Å². The van der Waals surface area contributed by atoms with Gasteiger partial charge in [0.15, 0.2) is 0 Å². The van der Waals surface area contributed by atoms with Crippen molar-refractivity contribution < 1.29 is 34.6 Å². The lowest BCUT2D eigenvalue weighted by Gasteiger charge is -2.40. The Hall–Kier alpha value is -2.49. The Bertz CT molecular complexity index is 1230. The van der Waals surface area contributed by atoms with Crippen molar-refractivity contribution in [2.75, 3.05) is 13.2 Å². The second-order valence-corrected chi connectivity index (χ2v) is 10.1. The molecule has 0 radical (unpaired) electrons. The first-order valence-corrected chi connectivity index (χ1v) is 12.7. The van der Waals surface area contributed by atoms with Crippen molar-refractivity contribution in [3.63, 3.8) is 0 Å². The van der Waals surface area contributed by atoms with Gasteiger partial charge in [-0.1, -0.05) is 59.6 Å². The molecule has 196 valence electrons. The van der Waals surface area contributed by atoms with E-state index in [1.54, 1.807) is 12.1 Å². The van der Waals surface area contributed by atoms with Gasteiger partial charge in [-0.15, -0.1) is 0 Å². The van der Waals surface area contributed by atoms with E-state index in [9.17, 15) is 20.4 Å². The second kappa shape index (κ2) is 11.1. The second-order valence-electron chi connectivity index (χ2n) is 9.73. The van der Waals surface area contributed by atoms with Gasteiger partial charge in [0, 0.05) is 5.02 Å². The predicted molar refractivity (Wildman–Crippen MR) is 138 cm³/mol. The molecule has 2 aliphatic heterocycles. The van der Waals surface area contributed by atoms with Crippen LogP contribution in [0.2, 0.25) is 5.02 Å². The molecule has 7 nitrogen and oxygen atoms in total. The third-order valence-corrected chi connectivity index (χ3v) is 7.47. The fourth-order valence-corrected chi connectivity index (χ4v) is 5.13. The van der Waals surface area contributed by atoms with Gasteiger partial charge in [0.05, 0.1) is 13.2 Å². The van der Waals surface area contributed by atoms with E-state index in [0.29, 0.717) is 30.2 Å². The first-order valence-electron chi connectivity index (χ1n) is 12.4. The van der Waals surface area contributed by atoms with E-state index in [-0.39, 0.29) is 6.10 Å². The van der Waals surface area contributed by atoms with Crippen LogP contribution < -0.4 is 4.74 Å². The highest BCUT2D eigenvalue weighted by molar-refractivity contribution is 6.31. The first-order chi connectivity index (χ1) is 17.8. The number of ether oxygens (including phenoxy) is 3. The van der Waals surface area contributed by atoms with Crippen molar-refractivity contribution in [3.8, 4) is 5.75 Å². The number of benzene rings is 3. The predicted octanol–water partition coefficient (Wildman–Crippen LogP) is 3.40. The largest absolute Gasteiger partial charge is 0.491 e. The van der Waals surface area contributed by atoms with E-state index in [1.807, 2.05) is 30.3 Å². The third kappa shape index (κ3) is 5.54. The van der Waals surface area contributed by atoms with Crippen molar-refractivity contribution in [1.29, 1.82) is 0 Å². The van der Waals surface area contributed by atoms with Gasteiger partial charge in [-0.05, 0) is 59.4 Å². The molecular weight excluding hydrogens is 496 g/mol. The van der Waals surface area contributed by atoms with Gasteiger partial charge >= 0.3 is 0 Å². The molecule has 3 aromatic rings. The Labute approximate surface area is 220 Å². The number of rotatable bonds is 7. The van der Waals surface area contributed by atoms with Crippen LogP contribution in [0, 0.1) is 6.92 Å². The number of hydrogen-bond donors (Lipinski definition) is 4. The van der Waals surface area contributed by atoms with Gasteiger partial charge in [-0.3, -0.25) is 0 Å². The highest BCUT2D eigenvalue weighted by Crippen LogP contribution is 2.35. The maximum absolute atomic E-state index is 10.5. The molecule has 6 atom stereocenters. The number of aliphatic hydroxyl groups is 4. The molecule has 8 heteroatoms. The molecule has 2 heterocycles. The summed E-state index contributed by atoms with van der Waals surface area (Å²) in [5.74, 6) is 0.745. The van der Waals surface area contributed by atoms with Gasteiger partial charge in [0.1, 0.15) is 49.0 Å². The molecule has 0 saturated carbocycles. The van der Waals surface area contributed by atoms with Crippen LogP contribution in [-0.2, 0) is 22.5 Å². The molecule has 0 spiro atoms. The van der Waals surface area contributed by atoms with Crippen LogP contribution in [0.3, 0.4) is 0 Å². The molecule has 1 unspecified atom stereocenters. The van der Waals surface area contributed by atoms with Crippen LogP contribution in [0.5, 0.6) is 5.75 Å². The van der Waals surface area contributed by atoms with Gasteiger partial charge in [-0.25, -0.2) is 0 Å². The Morgan fingerprint density at radius 2 is 1.73 bits per heavy atom. The molecule has 1 saturated heterocycles. The number of aryl methyl sites for hydroxylation is 1. The van der Waals surface area contributed by atoms with Gasteiger partial charge in [0.25, 0.3) is 0 Å². The SMILES string of the molecule is Cc1ccc2c(c1)C(COc1ccc(Cc3cc([C@@H]4O[C@H](CO)[C@@H](O)[C@H](O)[C@H]4O)ccc3Cl)cc1)OC2. The minimum Gasteiger partial charge on any atom is -0.491 e. The number of halogens is 1. The van der Waals surface area contributed by atoms with Crippen LogP contribution in [0.15, 0.2) is 60.7 Å². The molecule has 2 aliphatic rings. The van der Waals surface area contributed by atoms with Crippen molar-refractivity contribution >= 4 is 11.6 Å². The molecule has 0 aromatic heterocycles. The van der Waals surface area contributed by atoms with Gasteiger partial charge in [0.2, 0.25) is 0 Å². The monoisotopic (exact) mass is 526 g/mol. The molecule has 5 rings (SSSR count). The lowest BCUT2D eigenvalue weighted by molar-refractivity contribution is -0.231. The zero-order chi connectivity index (χ0) is 26.1. The summed E-state index contributed by atoms with van der Waals surface area (Å²) in [6, 6.07) is 19.4. The van der Waals surface area contributed by atoms with Crippen molar-refractivity contribution in [2.45, 2.75) is 56.6 Å². The summed E-state index contributed by atoms with van der Waals surface area (Å²) in [5.41, 5.74) is 6.02. The fraction of sp³-hybridized carbons (Fsp3) is 0.379. The Morgan fingerprint density at radius 3 is 2.49 bits per heavy atom. The van der Waals surface area contributed by atoms with Crippen LogP contribution >= 0.6 is 11.6 Å². The summed E-state index contributed by atoms with van der Waals surface area (Å²) in [5, 5.41) is 40.7. The molecule has 0 aliphatic carbocycles. The molecular formula is C29H31ClO7. The van der Waals surface area contributed by atoms with Crippen LogP contribution in [0.1, 0.15) is 45.6 Å². The van der Waals surface area contributed by atoms with E-state index in [4.69, 9.17) is 25.8 Å². The molecule has 0 amide bonds. The van der Waals surface area contributed by atoms with E-state index in [2.05, 4.69) is 25.1 Å². The Kier molecular flexibility index (Phi) is 7.83. The zero-order valence-corrected chi connectivity index (χ0v) is 21.2. The third-order valence-electron chi connectivity index (χ3n) is 7.10. The highest BCUT2D eigenvalue weighted by atomic mass is 35.5. The van der Waals surface area contributed by atoms with Gasteiger partial charge in [-0.2, -0.15) is 0 Å². The standard InChI is InChI=1S/C29H31ClO7/c1-16-2-5-19-14-36-25(22(19)10-16)15-35-21-7-3-17(4-8-21)11-20-12-18(6-9-23(20)30)29-28(34)27(33)26(32)24(13-31)37-29/h2-10,12,24-29,31-34H,11,13-15H2,1H3/t24-,25?,26-,27+,28-,29+/m1/s1. The van der Waals surface area contributed by atoms with Crippen LogP contribution in [0.25, 0.3) is 0 Å². The maximum Gasteiger partial charge on any atom is 0.119 e. The zero-order valence-electron chi connectivity index (χ0n) is 20.5. The van der Waals surface area contributed by atoms with Crippen molar-refractivity contribution in [3.05, 3.63) is 99.1 Å². The lowest BCUT2D eigenvalue weighted by atomic mass is 9.90. The van der Waals surface area contributed by atoms with E-state index >= 15 is 0 Å². The molecule has 3 aromatic carbocycles. The lowest BCUT2D eigenvalue weighted by Crippen LogP contribution is -2.55. The maximum atomic E-state index is 10.5. The van der Waals surface area contributed by atoms with Crippen molar-refractivity contribution in [1.82, 2.24) is 0 Å².